The number of halogens is 3. The number of hydrazone groups is 1. The van der Waals surface area contributed by atoms with Gasteiger partial charge in [-0.1, -0.05) is 23.7 Å². The number of nitrogens with one attached hydrogen (secondary N) is 1. The second-order valence-electron chi connectivity index (χ2n) is 4.21. The molecule has 0 unspecified atom stereocenters. The van der Waals surface area contributed by atoms with Gasteiger partial charge in [-0.05, 0) is 51.8 Å². The lowest BCUT2D eigenvalue weighted by molar-refractivity contribution is -0.123. The van der Waals surface area contributed by atoms with Gasteiger partial charge in [-0.15, -0.1) is 0 Å². The van der Waals surface area contributed by atoms with E-state index in [2.05, 4.69) is 26.5 Å². The number of amides is 1. The van der Waals surface area contributed by atoms with Crippen molar-refractivity contribution in [2.24, 2.45) is 5.10 Å². The fourth-order valence-corrected chi connectivity index (χ4v) is 2.33. The van der Waals surface area contributed by atoms with Crippen molar-refractivity contribution in [1.29, 1.82) is 0 Å². The third kappa shape index (κ3) is 5.13. The van der Waals surface area contributed by atoms with Crippen molar-refractivity contribution >= 4 is 39.7 Å². The molecular weight excluding hydrogens is 375 g/mol. The van der Waals surface area contributed by atoms with Crippen molar-refractivity contribution in [3.8, 4) is 5.75 Å². The lowest BCUT2D eigenvalue weighted by Crippen LogP contribution is -2.24. The quantitative estimate of drug-likeness (QED) is 0.629. The highest BCUT2D eigenvalue weighted by atomic mass is 79.9. The molecule has 114 valence electrons. The van der Waals surface area contributed by atoms with Crippen LogP contribution in [0.2, 0.25) is 5.02 Å². The summed E-state index contributed by atoms with van der Waals surface area (Å²) >= 11 is 9.09. The molecule has 0 radical (unpaired) electrons. The molecule has 2 rings (SSSR count). The Morgan fingerprint density at radius 1 is 1.36 bits per heavy atom. The van der Waals surface area contributed by atoms with Gasteiger partial charge >= 0.3 is 0 Å². The standard InChI is InChI=1S/C15H11BrClFN2O2/c16-13-7-11(17)4-5-14(13)22-9-15(21)20-19-8-10-2-1-3-12(18)6-10/h1-8H,9H2,(H,20,21)/b19-8+. The number of hydrogen-bond donors (Lipinski definition) is 1. The normalized spacial score (nSPS) is 10.7. The fourth-order valence-electron chi connectivity index (χ4n) is 1.53. The molecular formula is C15H11BrClFN2O2. The molecule has 0 aromatic heterocycles. The maximum absolute atomic E-state index is 12.9. The van der Waals surface area contributed by atoms with Crippen molar-refractivity contribution in [2.75, 3.05) is 6.61 Å². The van der Waals surface area contributed by atoms with Gasteiger partial charge in [0.15, 0.2) is 6.61 Å². The molecule has 0 fully saturated rings. The Labute approximate surface area is 140 Å². The van der Waals surface area contributed by atoms with Gasteiger partial charge in [0.2, 0.25) is 0 Å². The molecule has 7 heteroatoms. The van der Waals surface area contributed by atoms with E-state index in [4.69, 9.17) is 16.3 Å². The van der Waals surface area contributed by atoms with Gasteiger partial charge in [-0.25, -0.2) is 9.82 Å². The average molecular weight is 386 g/mol. The third-order valence-electron chi connectivity index (χ3n) is 2.50. The number of benzene rings is 2. The first-order valence-corrected chi connectivity index (χ1v) is 7.37. The molecule has 0 aliphatic carbocycles. The first-order valence-electron chi connectivity index (χ1n) is 6.20. The predicted molar refractivity (Wildman–Crippen MR) is 86.8 cm³/mol. The Bertz CT molecular complexity index is 710. The minimum atomic E-state index is -0.436. The lowest BCUT2D eigenvalue weighted by Gasteiger charge is -2.07. The van der Waals surface area contributed by atoms with Gasteiger partial charge in [-0.3, -0.25) is 4.79 Å². The molecule has 4 nitrogen and oxygen atoms in total. The van der Waals surface area contributed by atoms with Gasteiger partial charge in [0, 0.05) is 5.02 Å². The summed E-state index contributed by atoms with van der Waals surface area (Å²) < 4.78 is 18.9. The van der Waals surface area contributed by atoms with Gasteiger partial charge in [0.1, 0.15) is 11.6 Å². The Morgan fingerprint density at radius 3 is 2.91 bits per heavy atom. The number of nitrogens with zero attached hydrogens (tertiary/aromatic N) is 1. The second kappa shape index (κ2) is 7.91. The van der Waals surface area contributed by atoms with Gasteiger partial charge in [-0.2, -0.15) is 5.10 Å². The van der Waals surface area contributed by atoms with Gasteiger partial charge in [0.05, 0.1) is 10.7 Å². The number of carbonyl (C=O) groups excluding carboxylic acids is 1. The molecule has 0 saturated heterocycles. The first kappa shape index (κ1) is 16.5. The van der Waals surface area contributed by atoms with E-state index >= 15 is 0 Å². The van der Waals surface area contributed by atoms with Crippen molar-refractivity contribution in [1.82, 2.24) is 5.43 Å². The smallest absolute Gasteiger partial charge is 0.277 e. The van der Waals surface area contributed by atoms with Crippen LogP contribution in [0.4, 0.5) is 4.39 Å². The van der Waals surface area contributed by atoms with Crippen molar-refractivity contribution in [3.63, 3.8) is 0 Å². The maximum Gasteiger partial charge on any atom is 0.277 e. The largest absolute Gasteiger partial charge is 0.483 e. The zero-order valence-corrected chi connectivity index (χ0v) is 13.6. The van der Waals surface area contributed by atoms with E-state index in [1.165, 1.54) is 18.3 Å². The molecule has 2 aromatic carbocycles. The van der Waals surface area contributed by atoms with Gasteiger partial charge < -0.3 is 4.74 Å². The monoisotopic (exact) mass is 384 g/mol. The number of hydrogen-bond acceptors (Lipinski definition) is 3. The van der Waals surface area contributed by atoms with Crippen LogP contribution in [0.25, 0.3) is 0 Å². The van der Waals surface area contributed by atoms with Crippen molar-refractivity contribution in [2.45, 2.75) is 0 Å². The van der Waals surface area contributed by atoms with Crippen LogP contribution < -0.4 is 10.2 Å². The second-order valence-corrected chi connectivity index (χ2v) is 5.50. The first-order chi connectivity index (χ1) is 10.5. The minimum absolute atomic E-state index is 0.208. The molecule has 0 atom stereocenters. The fraction of sp³-hybridized carbons (Fsp3) is 0.0667. The summed E-state index contributed by atoms with van der Waals surface area (Å²) in [7, 11) is 0. The molecule has 22 heavy (non-hydrogen) atoms. The molecule has 1 amide bonds. The number of ether oxygens (including phenoxy) is 1. The van der Waals surface area contributed by atoms with E-state index in [9.17, 15) is 9.18 Å². The number of rotatable bonds is 5. The van der Waals surface area contributed by atoms with Crippen molar-refractivity contribution in [3.05, 3.63) is 63.3 Å². The highest BCUT2D eigenvalue weighted by molar-refractivity contribution is 9.10. The summed E-state index contributed by atoms with van der Waals surface area (Å²) in [6.07, 6.45) is 1.35. The van der Waals surface area contributed by atoms with Crippen LogP contribution >= 0.6 is 27.5 Å². The Balaban J connectivity index is 1.83. The molecule has 0 bridgehead atoms. The number of carbonyl (C=O) groups is 1. The van der Waals surface area contributed by atoms with E-state index < -0.39 is 5.91 Å². The molecule has 2 aromatic rings. The summed E-state index contributed by atoms with van der Waals surface area (Å²) in [5, 5.41) is 4.29. The molecule has 0 saturated carbocycles. The lowest BCUT2D eigenvalue weighted by atomic mass is 10.2. The molecule has 0 spiro atoms. The van der Waals surface area contributed by atoms with Crippen LogP contribution in [0.1, 0.15) is 5.56 Å². The average Bonchev–Trinajstić information content (AvgIpc) is 2.46. The molecule has 1 N–H and O–H groups in total. The topological polar surface area (TPSA) is 50.7 Å². The summed E-state index contributed by atoms with van der Waals surface area (Å²) in [6, 6.07) is 10.8. The molecule has 0 aliphatic rings. The summed E-state index contributed by atoms with van der Waals surface area (Å²) in [4.78, 5) is 11.6. The highest BCUT2D eigenvalue weighted by Gasteiger charge is 2.05. The third-order valence-corrected chi connectivity index (χ3v) is 3.36. The Kier molecular flexibility index (Phi) is 5.91. The summed E-state index contributed by atoms with van der Waals surface area (Å²) in [6.45, 7) is -0.208. The van der Waals surface area contributed by atoms with Crippen LogP contribution in [-0.4, -0.2) is 18.7 Å². The predicted octanol–water partition coefficient (Wildman–Crippen LogP) is 3.77. The molecule has 0 aliphatic heterocycles. The highest BCUT2D eigenvalue weighted by Crippen LogP contribution is 2.27. The van der Waals surface area contributed by atoms with Crippen LogP contribution in [-0.2, 0) is 4.79 Å². The van der Waals surface area contributed by atoms with Gasteiger partial charge in [0.25, 0.3) is 5.91 Å². The SMILES string of the molecule is O=C(COc1ccc(Cl)cc1Br)N/N=C/c1cccc(F)c1. The van der Waals surface area contributed by atoms with E-state index in [0.29, 0.717) is 20.8 Å². The van der Waals surface area contributed by atoms with Crippen LogP contribution in [0, 0.1) is 5.82 Å². The van der Waals surface area contributed by atoms with E-state index in [1.54, 1.807) is 30.3 Å². The van der Waals surface area contributed by atoms with E-state index in [0.717, 1.165) is 0 Å². The molecule has 0 heterocycles. The minimum Gasteiger partial charge on any atom is -0.483 e. The summed E-state index contributed by atoms with van der Waals surface area (Å²) in [5.74, 6) is -0.311. The zero-order chi connectivity index (χ0) is 15.9. The zero-order valence-electron chi connectivity index (χ0n) is 11.2. The Hall–Kier alpha value is -1.92. The van der Waals surface area contributed by atoms with E-state index in [-0.39, 0.29) is 12.4 Å². The Morgan fingerprint density at radius 2 is 2.18 bits per heavy atom. The maximum atomic E-state index is 12.9. The van der Waals surface area contributed by atoms with Crippen LogP contribution in [0.15, 0.2) is 52.0 Å². The van der Waals surface area contributed by atoms with E-state index in [1.807, 2.05) is 0 Å². The summed E-state index contributed by atoms with van der Waals surface area (Å²) in [5.41, 5.74) is 2.84. The van der Waals surface area contributed by atoms with Crippen LogP contribution in [0.3, 0.4) is 0 Å². The van der Waals surface area contributed by atoms with Crippen LogP contribution in [0.5, 0.6) is 5.75 Å². The van der Waals surface area contributed by atoms with Crippen molar-refractivity contribution < 1.29 is 13.9 Å².